The summed E-state index contributed by atoms with van der Waals surface area (Å²) in [5, 5.41) is 10.8. The van der Waals surface area contributed by atoms with Gasteiger partial charge in [-0.05, 0) is 61.2 Å². The summed E-state index contributed by atoms with van der Waals surface area (Å²) in [6.45, 7) is 0.366. The molecule has 0 aliphatic rings. The Kier molecular flexibility index (Phi) is 12.8. The molecule has 202 valence electrons. The number of hydrogen-bond acceptors (Lipinski definition) is 5. The minimum atomic E-state index is -1.10. The number of carbonyl (C=O) groups is 1. The predicted molar refractivity (Wildman–Crippen MR) is 156 cm³/mol. The lowest BCUT2D eigenvalue weighted by atomic mass is 10.0. The third kappa shape index (κ3) is 10.2. The van der Waals surface area contributed by atoms with Crippen molar-refractivity contribution in [2.75, 3.05) is 13.7 Å². The fraction of sp³-hybridized carbons (Fsp3) is 0.333. The van der Waals surface area contributed by atoms with E-state index in [-0.39, 0.29) is 5.76 Å². The van der Waals surface area contributed by atoms with E-state index in [0.29, 0.717) is 28.1 Å². The Morgan fingerprint density at radius 1 is 0.921 bits per heavy atom. The van der Waals surface area contributed by atoms with Gasteiger partial charge >= 0.3 is 5.97 Å². The summed E-state index contributed by atoms with van der Waals surface area (Å²) in [5.74, 6) is 0.231. The molecule has 2 aromatic carbocycles. The van der Waals surface area contributed by atoms with Crippen LogP contribution in [0.4, 0.5) is 0 Å². The molecule has 1 aromatic heterocycles. The molecule has 1 N–H and O–H groups in total. The van der Waals surface area contributed by atoms with Crippen molar-refractivity contribution in [3.05, 3.63) is 93.4 Å². The van der Waals surface area contributed by atoms with Gasteiger partial charge in [0, 0.05) is 16.7 Å². The number of thioether (sulfide) groups is 1. The van der Waals surface area contributed by atoms with E-state index in [9.17, 15) is 9.90 Å². The summed E-state index contributed by atoms with van der Waals surface area (Å²) in [7, 11) is 1.68. The topological polar surface area (TPSA) is 68.7 Å². The molecule has 0 spiro atoms. The summed E-state index contributed by atoms with van der Waals surface area (Å²) in [6.07, 6.45) is 8.96. The van der Waals surface area contributed by atoms with Crippen LogP contribution in [0.2, 0.25) is 10.0 Å². The van der Waals surface area contributed by atoms with E-state index < -0.39 is 5.97 Å². The van der Waals surface area contributed by atoms with Gasteiger partial charge in [0.05, 0.1) is 35.1 Å². The number of rotatable bonds is 16. The number of methoxy groups -OCH3 is 1. The molecule has 8 heteroatoms. The molecule has 0 fully saturated rings. The van der Waals surface area contributed by atoms with E-state index in [4.69, 9.17) is 32.7 Å². The fourth-order valence-electron chi connectivity index (χ4n) is 3.84. The van der Waals surface area contributed by atoms with Gasteiger partial charge in [-0.2, -0.15) is 0 Å². The zero-order valence-electron chi connectivity index (χ0n) is 21.5. The zero-order valence-corrected chi connectivity index (χ0v) is 23.8. The summed E-state index contributed by atoms with van der Waals surface area (Å²) in [5.41, 5.74) is 2.65. The third-order valence-electron chi connectivity index (χ3n) is 5.88. The number of unbranched alkanes of at least 4 members (excludes halogenated alkanes) is 5. The highest BCUT2D eigenvalue weighted by molar-refractivity contribution is 7.98. The van der Waals surface area contributed by atoms with Gasteiger partial charge in [-0.3, -0.25) is 4.98 Å². The lowest BCUT2D eigenvalue weighted by Crippen LogP contribution is -2.06. The maximum Gasteiger partial charge on any atom is 0.371 e. The molecular weight excluding hydrogens is 541 g/mol. The van der Waals surface area contributed by atoms with Crippen LogP contribution in [0.5, 0.6) is 5.75 Å². The van der Waals surface area contributed by atoms with Crippen LogP contribution in [-0.2, 0) is 21.7 Å². The van der Waals surface area contributed by atoms with E-state index in [1.807, 2.05) is 24.3 Å². The molecule has 0 saturated carbocycles. The van der Waals surface area contributed by atoms with Crippen molar-refractivity contribution >= 4 is 47.0 Å². The van der Waals surface area contributed by atoms with E-state index in [1.54, 1.807) is 31.4 Å². The Balaban J connectivity index is 1.37. The van der Waals surface area contributed by atoms with E-state index in [1.165, 1.54) is 29.8 Å². The van der Waals surface area contributed by atoms with Gasteiger partial charge in [0.2, 0.25) is 5.76 Å². The minimum Gasteiger partial charge on any atom is -0.497 e. The van der Waals surface area contributed by atoms with Crippen LogP contribution in [0, 0.1) is 0 Å². The number of halogens is 2. The fourth-order valence-corrected chi connectivity index (χ4v) is 5.43. The molecule has 0 aliphatic carbocycles. The van der Waals surface area contributed by atoms with Crippen LogP contribution in [0.3, 0.4) is 0 Å². The van der Waals surface area contributed by atoms with Gasteiger partial charge < -0.3 is 14.6 Å². The van der Waals surface area contributed by atoms with E-state index in [0.717, 1.165) is 54.9 Å². The lowest BCUT2D eigenvalue weighted by Gasteiger charge is -2.08. The average molecular weight is 575 g/mol. The first-order chi connectivity index (χ1) is 18.5. The van der Waals surface area contributed by atoms with Crippen molar-refractivity contribution in [3.63, 3.8) is 0 Å². The molecule has 5 nitrogen and oxygen atoms in total. The Morgan fingerprint density at radius 3 is 2.26 bits per heavy atom. The molecule has 0 radical (unpaired) electrons. The Hall–Kier alpha value is -2.67. The van der Waals surface area contributed by atoms with Crippen LogP contribution in [0.15, 0.2) is 71.3 Å². The number of ether oxygens (including phenoxy) is 2. The first-order valence-electron chi connectivity index (χ1n) is 12.7. The van der Waals surface area contributed by atoms with Crippen LogP contribution < -0.4 is 4.74 Å². The summed E-state index contributed by atoms with van der Waals surface area (Å²) in [4.78, 5) is 17.1. The van der Waals surface area contributed by atoms with Crippen molar-refractivity contribution in [2.45, 2.75) is 55.6 Å². The van der Waals surface area contributed by atoms with Crippen LogP contribution in [-0.4, -0.2) is 29.8 Å². The van der Waals surface area contributed by atoms with Gasteiger partial charge in [0.25, 0.3) is 0 Å². The smallest absolute Gasteiger partial charge is 0.371 e. The number of pyridine rings is 1. The van der Waals surface area contributed by atoms with Crippen molar-refractivity contribution < 1.29 is 19.4 Å². The lowest BCUT2D eigenvalue weighted by molar-refractivity contribution is -0.136. The number of hydrogen-bond donors (Lipinski definition) is 1. The quantitative estimate of drug-likeness (QED) is 0.0799. The standard InChI is InChI=1S/C30H33Cl2NO4S/c1-36-25-17-15-22(16-18-25)10-6-4-2-3-5-7-19-37-28(30(34)35)20-23-11-8-12-24(33-23)21-38-29-26(31)13-9-14-27(29)32/h8-9,11-18,20H,2-7,10,19,21H2,1H3,(H,34,35). The second kappa shape index (κ2) is 16.3. The Morgan fingerprint density at radius 2 is 1.58 bits per heavy atom. The number of carboxylic acids is 1. The first kappa shape index (κ1) is 29.9. The molecule has 0 atom stereocenters. The maximum absolute atomic E-state index is 11.7. The molecule has 3 aromatic rings. The summed E-state index contributed by atoms with van der Waals surface area (Å²) < 4.78 is 10.8. The number of aryl methyl sites for hydroxylation is 1. The highest BCUT2D eigenvalue weighted by atomic mass is 35.5. The predicted octanol–water partition coefficient (Wildman–Crippen LogP) is 8.71. The molecule has 0 saturated heterocycles. The summed E-state index contributed by atoms with van der Waals surface area (Å²) >= 11 is 14.0. The van der Waals surface area contributed by atoms with Gasteiger partial charge in [0.1, 0.15) is 5.75 Å². The third-order valence-corrected chi connectivity index (χ3v) is 7.90. The highest BCUT2D eigenvalue weighted by Gasteiger charge is 2.11. The first-order valence-corrected chi connectivity index (χ1v) is 14.4. The van der Waals surface area contributed by atoms with Crippen molar-refractivity contribution in [3.8, 4) is 5.75 Å². The van der Waals surface area contributed by atoms with Crippen LogP contribution >= 0.6 is 35.0 Å². The number of carboxylic acid groups (broad SMARTS) is 1. The highest BCUT2D eigenvalue weighted by Crippen LogP contribution is 2.35. The van der Waals surface area contributed by atoms with Gasteiger partial charge in [-0.1, -0.05) is 73.2 Å². The molecule has 0 bridgehead atoms. The molecule has 38 heavy (non-hydrogen) atoms. The van der Waals surface area contributed by atoms with Gasteiger partial charge in [-0.15, -0.1) is 11.8 Å². The maximum atomic E-state index is 11.7. The van der Waals surface area contributed by atoms with Gasteiger partial charge in [0.15, 0.2) is 0 Å². The van der Waals surface area contributed by atoms with E-state index >= 15 is 0 Å². The molecule has 0 aliphatic heterocycles. The second-order valence-corrected chi connectivity index (χ2v) is 10.6. The van der Waals surface area contributed by atoms with Crippen molar-refractivity contribution in [1.29, 1.82) is 0 Å². The number of benzene rings is 2. The zero-order chi connectivity index (χ0) is 27.2. The average Bonchev–Trinajstić information content (AvgIpc) is 2.91. The number of nitrogens with zero attached hydrogens (tertiary/aromatic N) is 1. The Bertz CT molecular complexity index is 1180. The summed E-state index contributed by atoms with van der Waals surface area (Å²) in [6, 6.07) is 19.1. The molecular formula is C30H33Cl2NO4S. The Labute approximate surface area is 239 Å². The monoisotopic (exact) mass is 573 g/mol. The number of aromatic nitrogens is 1. The van der Waals surface area contributed by atoms with Gasteiger partial charge in [-0.25, -0.2) is 4.79 Å². The van der Waals surface area contributed by atoms with Crippen LogP contribution in [0.1, 0.15) is 55.5 Å². The molecule has 0 amide bonds. The molecule has 0 unspecified atom stereocenters. The van der Waals surface area contributed by atoms with E-state index in [2.05, 4.69) is 17.1 Å². The normalized spacial score (nSPS) is 11.4. The van der Waals surface area contributed by atoms with Crippen molar-refractivity contribution in [2.24, 2.45) is 0 Å². The molecule has 1 heterocycles. The largest absolute Gasteiger partial charge is 0.497 e. The SMILES string of the molecule is COc1ccc(CCCCCCCCOC(=Cc2cccc(CSc3c(Cl)cccc3Cl)n2)C(=O)O)cc1. The number of aliphatic carboxylic acids is 1. The van der Waals surface area contributed by atoms with Crippen molar-refractivity contribution in [1.82, 2.24) is 4.98 Å². The van der Waals surface area contributed by atoms with Crippen LogP contribution in [0.25, 0.3) is 6.08 Å². The minimum absolute atomic E-state index is 0.101. The second-order valence-electron chi connectivity index (χ2n) is 8.77. The molecule has 3 rings (SSSR count).